The third-order valence-corrected chi connectivity index (χ3v) is 3.16. The zero-order valence-corrected chi connectivity index (χ0v) is 12.4. The van der Waals surface area contributed by atoms with Crippen molar-refractivity contribution in [3.63, 3.8) is 0 Å². The number of esters is 1. The number of carbonyl (C=O) groups is 2. The van der Waals surface area contributed by atoms with Crippen LogP contribution < -0.4 is 5.32 Å². The van der Waals surface area contributed by atoms with E-state index in [2.05, 4.69) is 10.1 Å². The van der Waals surface area contributed by atoms with E-state index in [9.17, 15) is 31.5 Å². The Morgan fingerprint density at radius 3 is 2.00 bits per heavy atom. The van der Waals surface area contributed by atoms with Gasteiger partial charge in [-0.2, -0.15) is 0 Å². The van der Waals surface area contributed by atoms with Crippen LogP contribution >= 0.6 is 0 Å². The fourth-order valence-corrected chi connectivity index (χ4v) is 1.84. The molecule has 0 bridgehead atoms. The van der Waals surface area contributed by atoms with E-state index in [0.717, 1.165) is 0 Å². The molecule has 4 nitrogen and oxygen atoms in total. The fraction of sp³-hybridized carbons (Fsp3) is 0.333. The molecule has 0 amide bonds. The molecule has 0 spiro atoms. The lowest BCUT2D eigenvalue weighted by molar-refractivity contribution is -0.139. The fourth-order valence-electron chi connectivity index (χ4n) is 1.84. The van der Waals surface area contributed by atoms with Crippen molar-refractivity contribution in [3.8, 4) is 0 Å². The molecule has 1 fully saturated rings. The molecule has 1 N–H and O–H groups in total. The maximum absolute atomic E-state index is 13.6. The monoisotopic (exact) mass is 349 g/mol. The molecule has 1 saturated carbocycles. The lowest BCUT2D eigenvalue weighted by Gasteiger charge is -2.10. The minimum absolute atomic E-state index is 0.0285. The van der Waals surface area contributed by atoms with Gasteiger partial charge in [0.15, 0.2) is 29.1 Å². The molecule has 9 heteroatoms. The Hall–Kier alpha value is -2.45. The molecular weight excluding hydrogens is 337 g/mol. The third kappa shape index (κ3) is 3.55. The molecule has 130 valence electrons. The molecule has 0 heterocycles. The Bertz CT molecular complexity index is 699. The van der Waals surface area contributed by atoms with Crippen molar-refractivity contribution in [1.82, 2.24) is 5.32 Å². The van der Waals surface area contributed by atoms with Crippen molar-refractivity contribution < 1.29 is 36.3 Å². The largest absolute Gasteiger partial charge is 0.461 e. The minimum atomic E-state index is -2.37. The van der Waals surface area contributed by atoms with Crippen LogP contribution in [0.2, 0.25) is 0 Å². The summed E-state index contributed by atoms with van der Waals surface area (Å²) in [4.78, 5) is 23.7. The number of allylic oxidation sites excluding steroid dienone is 1. The number of nitrogens with one attached hydrogen (secondary N) is 1. The molecule has 0 unspecified atom stereocenters. The van der Waals surface area contributed by atoms with Gasteiger partial charge in [-0.25, -0.2) is 26.7 Å². The molecule has 0 aliphatic heterocycles. The highest BCUT2D eigenvalue weighted by molar-refractivity contribution is 6.08. The second-order valence-electron chi connectivity index (χ2n) is 5.01. The summed E-state index contributed by atoms with van der Waals surface area (Å²) in [6.07, 6.45) is 1.87. The van der Waals surface area contributed by atoms with Gasteiger partial charge in [0.25, 0.3) is 0 Å². The van der Waals surface area contributed by atoms with Crippen molar-refractivity contribution in [1.29, 1.82) is 0 Å². The minimum Gasteiger partial charge on any atom is -0.461 e. The molecule has 0 saturated heterocycles. The Labute approximate surface area is 133 Å². The van der Waals surface area contributed by atoms with Gasteiger partial charge in [-0.1, -0.05) is 0 Å². The summed E-state index contributed by atoms with van der Waals surface area (Å²) in [6, 6.07) is -0.121. The van der Waals surface area contributed by atoms with Crippen LogP contribution in [0, 0.1) is 29.1 Å². The van der Waals surface area contributed by atoms with Gasteiger partial charge in [0, 0.05) is 12.1 Å². The summed E-state index contributed by atoms with van der Waals surface area (Å²) in [7, 11) is 0. The van der Waals surface area contributed by atoms with Crippen molar-refractivity contribution in [2.75, 3.05) is 6.61 Å². The summed E-state index contributed by atoms with van der Waals surface area (Å²) in [5.74, 6) is -13.9. The first-order chi connectivity index (χ1) is 11.3. The molecule has 1 aliphatic rings. The Morgan fingerprint density at radius 2 is 1.54 bits per heavy atom. The molecular formula is C15H12F5NO3. The number of hydrogen-bond acceptors (Lipinski definition) is 4. The second kappa shape index (κ2) is 6.98. The predicted octanol–water partition coefficient (Wildman–Crippen LogP) is 2.76. The average molecular weight is 349 g/mol. The summed E-state index contributed by atoms with van der Waals surface area (Å²) in [5, 5.41) is 2.61. The summed E-state index contributed by atoms with van der Waals surface area (Å²) in [5.41, 5.74) is -2.04. The maximum Gasteiger partial charge on any atom is 0.354 e. The Morgan fingerprint density at radius 1 is 1.04 bits per heavy atom. The van der Waals surface area contributed by atoms with Crippen molar-refractivity contribution >= 4 is 11.8 Å². The smallest absolute Gasteiger partial charge is 0.354 e. The normalized spacial score (nSPS) is 14.5. The van der Waals surface area contributed by atoms with Crippen LogP contribution in [0.15, 0.2) is 11.8 Å². The van der Waals surface area contributed by atoms with Crippen LogP contribution in [0.4, 0.5) is 22.0 Å². The number of carbonyl (C=O) groups excluding carboxylic acids is 2. The maximum atomic E-state index is 13.6. The Kier molecular flexibility index (Phi) is 5.20. The standard InChI is InChI=1S/C15H12F5NO3/c1-2-24-15(23)7(21-6-3-4-6)5-8(22)9-10(16)12(18)14(20)13(19)11(9)17/h5-6,21H,2-4H2,1H3. The van der Waals surface area contributed by atoms with E-state index in [4.69, 9.17) is 0 Å². The van der Waals surface area contributed by atoms with E-state index < -0.39 is 52.1 Å². The van der Waals surface area contributed by atoms with Gasteiger partial charge in [-0.3, -0.25) is 4.79 Å². The van der Waals surface area contributed by atoms with Crippen LogP contribution in [0.1, 0.15) is 30.1 Å². The predicted molar refractivity (Wildman–Crippen MR) is 71.4 cm³/mol. The van der Waals surface area contributed by atoms with Gasteiger partial charge in [0.2, 0.25) is 5.82 Å². The summed E-state index contributed by atoms with van der Waals surface area (Å²) >= 11 is 0. The van der Waals surface area contributed by atoms with Crippen LogP contribution in [0.3, 0.4) is 0 Å². The summed E-state index contributed by atoms with van der Waals surface area (Å²) < 4.78 is 71.2. The number of halogens is 5. The van der Waals surface area contributed by atoms with Gasteiger partial charge in [-0.05, 0) is 19.8 Å². The Balaban J connectivity index is 2.43. The van der Waals surface area contributed by atoms with Gasteiger partial charge >= 0.3 is 5.97 Å². The van der Waals surface area contributed by atoms with Crippen molar-refractivity contribution in [2.45, 2.75) is 25.8 Å². The third-order valence-electron chi connectivity index (χ3n) is 3.16. The van der Waals surface area contributed by atoms with Gasteiger partial charge in [0.1, 0.15) is 5.70 Å². The number of ketones is 1. The topological polar surface area (TPSA) is 55.4 Å². The van der Waals surface area contributed by atoms with Crippen LogP contribution in [-0.4, -0.2) is 24.4 Å². The van der Waals surface area contributed by atoms with Crippen molar-refractivity contribution in [3.05, 3.63) is 46.4 Å². The first kappa shape index (κ1) is 17.9. The first-order valence-corrected chi connectivity index (χ1v) is 6.99. The number of hydrogen-bond donors (Lipinski definition) is 1. The highest BCUT2D eigenvalue weighted by atomic mass is 19.2. The molecule has 0 aromatic heterocycles. The number of ether oxygens (including phenoxy) is 1. The van der Waals surface area contributed by atoms with Crippen LogP contribution in [0.5, 0.6) is 0 Å². The quantitative estimate of drug-likeness (QED) is 0.214. The molecule has 1 aromatic carbocycles. The van der Waals surface area contributed by atoms with E-state index in [1.807, 2.05) is 0 Å². The average Bonchev–Trinajstić information content (AvgIpc) is 3.35. The van der Waals surface area contributed by atoms with E-state index >= 15 is 0 Å². The van der Waals surface area contributed by atoms with Gasteiger partial charge in [-0.15, -0.1) is 0 Å². The lowest BCUT2D eigenvalue weighted by atomic mass is 10.1. The molecule has 1 aliphatic carbocycles. The number of benzene rings is 1. The van der Waals surface area contributed by atoms with E-state index in [0.29, 0.717) is 18.9 Å². The zero-order valence-electron chi connectivity index (χ0n) is 12.4. The molecule has 24 heavy (non-hydrogen) atoms. The molecule has 0 radical (unpaired) electrons. The van der Waals surface area contributed by atoms with Crippen LogP contribution in [0.25, 0.3) is 0 Å². The lowest BCUT2D eigenvalue weighted by Crippen LogP contribution is -2.25. The highest BCUT2D eigenvalue weighted by Gasteiger charge is 2.30. The van der Waals surface area contributed by atoms with Crippen molar-refractivity contribution in [2.24, 2.45) is 0 Å². The van der Waals surface area contributed by atoms with Gasteiger partial charge < -0.3 is 10.1 Å². The molecule has 1 aromatic rings. The molecule has 0 atom stereocenters. The number of rotatable bonds is 6. The SMILES string of the molecule is CCOC(=O)C(=CC(=O)c1c(F)c(F)c(F)c(F)c1F)NC1CC1. The van der Waals surface area contributed by atoms with Crippen LogP contribution in [-0.2, 0) is 9.53 Å². The molecule has 2 rings (SSSR count). The van der Waals surface area contributed by atoms with E-state index in [1.165, 1.54) is 6.92 Å². The van der Waals surface area contributed by atoms with E-state index in [1.54, 1.807) is 0 Å². The summed E-state index contributed by atoms with van der Waals surface area (Å²) in [6.45, 7) is 1.47. The second-order valence-corrected chi connectivity index (χ2v) is 5.01. The van der Waals surface area contributed by atoms with E-state index in [-0.39, 0.29) is 12.6 Å². The van der Waals surface area contributed by atoms with Gasteiger partial charge in [0.05, 0.1) is 12.2 Å². The first-order valence-electron chi connectivity index (χ1n) is 6.99. The zero-order chi connectivity index (χ0) is 18.0. The highest BCUT2D eigenvalue weighted by Crippen LogP contribution is 2.25.